The fourth-order valence-corrected chi connectivity index (χ4v) is 1.87. The summed E-state index contributed by atoms with van der Waals surface area (Å²) in [5, 5.41) is 12.0. The number of carbonyl (C=O) groups is 1. The second-order valence-corrected chi connectivity index (χ2v) is 5.17. The van der Waals surface area contributed by atoms with E-state index >= 15 is 0 Å². The lowest BCUT2D eigenvalue weighted by Crippen LogP contribution is -2.42. The maximum Gasteiger partial charge on any atom is 0.234 e. The molecule has 1 aliphatic heterocycles. The van der Waals surface area contributed by atoms with Crippen LogP contribution in [0.2, 0.25) is 0 Å². The average molecular weight is 228 g/mol. The highest BCUT2D eigenvalue weighted by atomic mass is 16.3. The summed E-state index contributed by atoms with van der Waals surface area (Å²) in [6.07, 6.45) is 1.00. The highest BCUT2D eigenvalue weighted by Gasteiger charge is 2.23. The summed E-state index contributed by atoms with van der Waals surface area (Å²) in [6, 6.07) is 0.226. The summed E-state index contributed by atoms with van der Waals surface area (Å²) in [5.41, 5.74) is 0. The fourth-order valence-electron chi connectivity index (χ4n) is 1.87. The number of hydrogen-bond donors (Lipinski definition) is 2. The van der Waals surface area contributed by atoms with Crippen LogP contribution in [0.4, 0.5) is 0 Å². The van der Waals surface area contributed by atoms with Crippen molar-refractivity contribution in [2.45, 2.75) is 33.2 Å². The van der Waals surface area contributed by atoms with Crippen LogP contribution in [-0.4, -0.2) is 48.2 Å². The van der Waals surface area contributed by atoms with Gasteiger partial charge >= 0.3 is 0 Å². The Morgan fingerprint density at radius 2 is 2.19 bits per heavy atom. The molecule has 16 heavy (non-hydrogen) atoms. The van der Waals surface area contributed by atoms with Gasteiger partial charge in [0.1, 0.15) is 0 Å². The molecule has 0 spiro atoms. The van der Waals surface area contributed by atoms with Gasteiger partial charge in [-0.05, 0) is 31.7 Å². The van der Waals surface area contributed by atoms with Crippen molar-refractivity contribution in [2.75, 3.05) is 26.2 Å². The predicted octanol–water partition coefficient (Wildman–Crippen LogP) is 0.461. The number of nitrogens with zero attached hydrogens (tertiary/aromatic N) is 1. The number of amides is 1. The Labute approximate surface area is 98.0 Å². The molecule has 1 aliphatic rings. The molecule has 2 atom stereocenters. The molecule has 2 unspecified atom stereocenters. The van der Waals surface area contributed by atoms with E-state index in [4.69, 9.17) is 5.11 Å². The molecule has 0 aromatic carbocycles. The molecule has 1 amide bonds. The lowest BCUT2D eigenvalue weighted by molar-refractivity contribution is -0.122. The molecule has 0 aromatic rings. The number of aliphatic hydroxyl groups is 1. The van der Waals surface area contributed by atoms with Gasteiger partial charge in [-0.3, -0.25) is 9.69 Å². The molecule has 94 valence electrons. The zero-order valence-corrected chi connectivity index (χ0v) is 10.6. The Morgan fingerprint density at radius 3 is 2.69 bits per heavy atom. The average Bonchev–Trinajstić information content (AvgIpc) is 2.65. The first-order valence-corrected chi connectivity index (χ1v) is 6.15. The van der Waals surface area contributed by atoms with Gasteiger partial charge in [-0.25, -0.2) is 0 Å². The van der Waals surface area contributed by atoms with Gasteiger partial charge in [0.05, 0.1) is 6.54 Å². The van der Waals surface area contributed by atoms with Gasteiger partial charge < -0.3 is 10.4 Å². The molecule has 4 nitrogen and oxygen atoms in total. The largest absolute Gasteiger partial charge is 0.396 e. The van der Waals surface area contributed by atoms with Crippen LogP contribution in [0.15, 0.2) is 0 Å². The standard InChI is InChI=1S/C12H24N2O2/c1-9(2)10(3)13-12(16)7-14-5-4-11(6-14)8-15/h9-11,15H,4-8H2,1-3H3,(H,13,16). The zero-order valence-electron chi connectivity index (χ0n) is 10.6. The third-order valence-corrected chi connectivity index (χ3v) is 3.38. The highest BCUT2D eigenvalue weighted by molar-refractivity contribution is 5.78. The van der Waals surface area contributed by atoms with Gasteiger partial charge in [0.15, 0.2) is 0 Å². The molecule has 1 rings (SSSR count). The molecular formula is C12H24N2O2. The minimum atomic E-state index is 0.0970. The molecule has 0 aromatic heterocycles. The van der Waals surface area contributed by atoms with E-state index in [-0.39, 0.29) is 18.6 Å². The van der Waals surface area contributed by atoms with Gasteiger partial charge in [0, 0.05) is 19.2 Å². The third kappa shape index (κ3) is 4.10. The minimum Gasteiger partial charge on any atom is -0.396 e. The number of likely N-dealkylation sites (tertiary alicyclic amines) is 1. The second-order valence-electron chi connectivity index (χ2n) is 5.17. The number of rotatable bonds is 5. The normalized spacial score (nSPS) is 23.7. The van der Waals surface area contributed by atoms with Crippen molar-refractivity contribution >= 4 is 5.91 Å². The van der Waals surface area contributed by atoms with Gasteiger partial charge in [-0.15, -0.1) is 0 Å². The van der Waals surface area contributed by atoms with Gasteiger partial charge in [-0.2, -0.15) is 0 Å². The molecule has 0 radical (unpaired) electrons. The van der Waals surface area contributed by atoms with E-state index in [1.807, 2.05) is 6.92 Å². The highest BCUT2D eigenvalue weighted by Crippen LogP contribution is 2.14. The molecule has 0 saturated carbocycles. The van der Waals surface area contributed by atoms with Crippen molar-refractivity contribution in [3.63, 3.8) is 0 Å². The Morgan fingerprint density at radius 1 is 1.50 bits per heavy atom. The molecule has 1 saturated heterocycles. The van der Waals surface area contributed by atoms with Gasteiger partial charge in [0.25, 0.3) is 0 Å². The number of nitrogens with one attached hydrogen (secondary N) is 1. The van der Waals surface area contributed by atoms with Crippen LogP contribution in [0.5, 0.6) is 0 Å². The Kier molecular flexibility index (Phi) is 5.22. The van der Waals surface area contributed by atoms with Crippen molar-refractivity contribution < 1.29 is 9.90 Å². The third-order valence-electron chi connectivity index (χ3n) is 3.38. The molecule has 0 aliphatic carbocycles. The monoisotopic (exact) mass is 228 g/mol. The topological polar surface area (TPSA) is 52.6 Å². The SMILES string of the molecule is CC(C)C(C)NC(=O)CN1CCC(CO)C1. The fraction of sp³-hybridized carbons (Fsp3) is 0.917. The summed E-state index contributed by atoms with van der Waals surface area (Å²) in [5.74, 6) is 0.919. The van der Waals surface area contributed by atoms with Crippen molar-refractivity contribution in [3.05, 3.63) is 0 Å². The first-order chi connectivity index (χ1) is 7.52. The minimum absolute atomic E-state index is 0.0970. The van der Waals surface area contributed by atoms with Crippen LogP contribution in [0, 0.1) is 11.8 Å². The van der Waals surface area contributed by atoms with E-state index < -0.39 is 0 Å². The van der Waals surface area contributed by atoms with Crippen LogP contribution in [0.1, 0.15) is 27.2 Å². The van der Waals surface area contributed by atoms with Crippen molar-refractivity contribution in [2.24, 2.45) is 11.8 Å². The van der Waals surface area contributed by atoms with Crippen molar-refractivity contribution in [3.8, 4) is 0 Å². The maximum atomic E-state index is 11.7. The summed E-state index contributed by atoms with van der Waals surface area (Å²) in [4.78, 5) is 13.8. The maximum absolute atomic E-state index is 11.7. The van der Waals surface area contributed by atoms with Gasteiger partial charge in [-0.1, -0.05) is 13.8 Å². The van der Waals surface area contributed by atoms with E-state index in [2.05, 4.69) is 24.1 Å². The van der Waals surface area contributed by atoms with Crippen LogP contribution in [0.3, 0.4) is 0 Å². The van der Waals surface area contributed by atoms with E-state index in [9.17, 15) is 4.79 Å². The zero-order chi connectivity index (χ0) is 12.1. The van der Waals surface area contributed by atoms with E-state index in [1.54, 1.807) is 0 Å². The molecule has 4 heteroatoms. The number of hydrogen-bond acceptors (Lipinski definition) is 3. The first kappa shape index (κ1) is 13.5. The van der Waals surface area contributed by atoms with Crippen LogP contribution >= 0.6 is 0 Å². The molecule has 2 N–H and O–H groups in total. The summed E-state index contributed by atoms with van der Waals surface area (Å²) >= 11 is 0. The van der Waals surface area contributed by atoms with E-state index in [0.29, 0.717) is 18.4 Å². The van der Waals surface area contributed by atoms with Crippen LogP contribution in [-0.2, 0) is 4.79 Å². The number of carbonyl (C=O) groups excluding carboxylic acids is 1. The predicted molar refractivity (Wildman–Crippen MR) is 64.1 cm³/mol. The van der Waals surface area contributed by atoms with Crippen LogP contribution < -0.4 is 5.32 Å². The van der Waals surface area contributed by atoms with Crippen molar-refractivity contribution in [1.29, 1.82) is 0 Å². The Bertz CT molecular complexity index is 231. The molecular weight excluding hydrogens is 204 g/mol. The Balaban J connectivity index is 2.25. The smallest absolute Gasteiger partial charge is 0.234 e. The quantitative estimate of drug-likeness (QED) is 0.719. The Hall–Kier alpha value is -0.610. The van der Waals surface area contributed by atoms with Crippen LogP contribution in [0.25, 0.3) is 0 Å². The van der Waals surface area contributed by atoms with E-state index in [0.717, 1.165) is 19.5 Å². The summed E-state index contributed by atoms with van der Waals surface area (Å²) in [7, 11) is 0. The number of aliphatic hydroxyl groups excluding tert-OH is 1. The van der Waals surface area contributed by atoms with Gasteiger partial charge in [0.2, 0.25) is 5.91 Å². The molecule has 0 bridgehead atoms. The summed E-state index contributed by atoms with van der Waals surface area (Å²) in [6.45, 7) is 8.71. The molecule has 1 fully saturated rings. The first-order valence-electron chi connectivity index (χ1n) is 6.15. The lowest BCUT2D eigenvalue weighted by atomic mass is 10.1. The van der Waals surface area contributed by atoms with E-state index in [1.165, 1.54) is 0 Å². The second kappa shape index (κ2) is 6.21. The summed E-state index contributed by atoms with van der Waals surface area (Å²) < 4.78 is 0. The molecule has 1 heterocycles. The van der Waals surface area contributed by atoms with Crippen molar-refractivity contribution in [1.82, 2.24) is 10.2 Å². The lowest BCUT2D eigenvalue weighted by Gasteiger charge is -2.20.